The number of aliphatic carboxylic acids is 1. The number of hydrogen-bond donors (Lipinski definition) is 3. The van der Waals surface area contributed by atoms with Crippen LogP contribution in [-0.4, -0.2) is 54.2 Å². The molecule has 1 saturated heterocycles. The van der Waals surface area contributed by atoms with Crippen molar-refractivity contribution in [2.24, 2.45) is 5.92 Å². The molecule has 0 saturated carbocycles. The van der Waals surface area contributed by atoms with Gasteiger partial charge in [0.05, 0.1) is 24.5 Å². The molecular formula is C31H33N5O6S. The number of benzene rings is 3. The monoisotopic (exact) mass is 603 g/mol. The van der Waals surface area contributed by atoms with Gasteiger partial charge in [0.2, 0.25) is 11.1 Å². The quantitative estimate of drug-likeness (QED) is 0.190. The second kappa shape index (κ2) is 14.4. The molecule has 1 aliphatic heterocycles. The SMILES string of the molecule is C[C@@H]1[C@H](CSc2nnnn2-c2ccccc2)O[C@H](c2ccc(NC(=O)CCCC(=O)O)cc2)O[C@@H]1c1ccc(CO)cc1. The van der Waals surface area contributed by atoms with E-state index in [1.54, 1.807) is 16.8 Å². The molecule has 0 aliphatic carbocycles. The lowest BCUT2D eigenvalue weighted by Crippen LogP contribution is -2.38. The average molecular weight is 604 g/mol. The number of carboxylic acids is 1. The molecule has 2 heterocycles. The Kier molecular flexibility index (Phi) is 10.2. The number of anilines is 1. The molecule has 43 heavy (non-hydrogen) atoms. The second-order valence-electron chi connectivity index (χ2n) is 10.3. The average Bonchev–Trinajstić information content (AvgIpc) is 3.50. The van der Waals surface area contributed by atoms with Crippen LogP contribution < -0.4 is 5.32 Å². The van der Waals surface area contributed by atoms with Crippen molar-refractivity contribution >= 4 is 29.3 Å². The Morgan fingerprint density at radius 1 is 0.953 bits per heavy atom. The molecule has 3 N–H and O–H groups in total. The summed E-state index contributed by atoms with van der Waals surface area (Å²) in [5, 5.41) is 34.0. The zero-order valence-corrected chi connectivity index (χ0v) is 24.4. The van der Waals surface area contributed by atoms with Crippen molar-refractivity contribution in [3.8, 4) is 5.69 Å². The minimum absolute atomic E-state index is 0.0193. The van der Waals surface area contributed by atoms with E-state index >= 15 is 0 Å². The minimum atomic E-state index is -0.923. The van der Waals surface area contributed by atoms with Crippen molar-refractivity contribution in [2.75, 3.05) is 11.1 Å². The van der Waals surface area contributed by atoms with Crippen molar-refractivity contribution in [2.45, 2.75) is 56.4 Å². The number of aliphatic hydroxyl groups excluding tert-OH is 1. The van der Waals surface area contributed by atoms with Gasteiger partial charge in [0.1, 0.15) is 0 Å². The number of nitrogens with zero attached hydrogens (tertiary/aromatic N) is 4. The zero-order valence-electron chi connectivity index (χ0n) is 23.6. The summed E-state index contributed by atoms with van der Waals surface area (Å²) >= 11 is 1.51. The normalized spacial score (nSPS) is 20.0. The number of carbonyl (C=O) groups is 2. The molecule has 0 radical (unpaired) electrons. The van der Waals surface area contributed by atoms with E-state index in [1.165, 1.54) is 11.8 Å². The number of ether oxygens (including phenoxy) is 2. The number of tetrazole rings is 1. The lowest BCUT2D eigenvalue weighted by Gasteiger charge is -2.41. The molecule has 12 heteroatoms. The Labute approximate surface area is 253 Å². The third-order valence-corrected chi connectivity index (χ3v) is 8.21. The van der Waals surface area contributed by atoms with Crippen LogP contribution in [0.15, 0.2) is 84.0 Å². The molecule has 1 aliphatic rings. The van der Waals surface area contributed by atoms with Crippen LogP contribution in [0.5, 0.6) is 0 Å². The van der Waals surface area contributed by atoms with Crippen LogP contribution >= 0.6 is 11.8 Å². The Hall–Kier alpha value is -4.10. The number of aliphatic hydroxyl groups is 1. The smallest absolute Gasteiger partial charge is 0.303 e. The molecular weight excluding hydrogens is 570 g/mol. The van der Waals surface area contributed by atoms with Gasteiger partial charge in [-0.05, 0) is 52.2 Å². The number of thioether (sulfide) groups is 1. The molecule has 3 aromatic carbocycles. The molecule has 224 valence electrons. The van der Waals surface area contributed by atoms with E-state index < -0.39 is 12.3 Å². The first kappa shape index (κ1) is 30.4. The lowest BCUT2D eigenvalue weighted by atomic mass is 9.91. The van der Waals surface area contributed by atoms with Crippen molar-refractivity contribution in [3.05, 3.63) is 95.6 Å². The number of amides is 1. The standard InChI is InChI=1S/C31H33N5O6S/c1-20-26(19-43-31-33-34-35-36(31)25-6-3-2-4-7-25)41-30(42-29(20)22-12-10-21(18-37)11-13-22)23-14-16-24(17-15-23)32-27(38)8-5-9-28(39)40/h2-4,6-7,10-17,20,26,29-30,37H,5,8-9,18-19H2,1H3,(H,32,38)(H,39,40)/t20-,26+,29+,30+/m1/s1. The van der Waals surface area contributed by atoms with Crippen LogP contribution in [0.2, 0.25) is 0 Å². The first-order valence-electron chi connectivity index (χ1n) is 14.0. The van der Waals surface area contributed by atoms with Crippen molar-refractivity contribution < 1.29 is 29.3 Å². The summed E-state index contributed by atoms with van der Waals surface area (Å²) in [6.07, 6.45) is -0.818. The maximum atomic E-state index is 12.2. The van der Waals surface area contributed by atoms with Gasteiger partial charge < -0.3 is 25.0 Å². The van der Waals surface area contributed by atoms with E-state index in [4.69, 9.17) is 14.6 Å². The fraction of sp³-hybridized carbons (Fsp3) is 0.323. The highest BCUT2D eigenvalue weighted by Gasteiger charge is 2.38. The third-order valence-electron chi connectivity index (χ3n) is 7.20. The van der Waals surface area contributed by atoms with Gasteiger partial charge in [-0.1, -0.05) is 73.3 Å². The largest absolute Gasteiger partial charge is 0.481 e. The molecule has 4 aromatic rings. The van der Waals surface area contributed by atoms with Crippen LogP contribution in [0.3, 0.4) is 0 Å². The van der Waals surface area contributed by atoms with Crippen molar-refractivity contribution in [1.29, 1.82) is 0 Å². The minimum Gasteiger partial charge on any atom is -0.481 e. The molecule has 1 amide bonds. The van der Waals surface area contributed by atoms with Crippen LogP contribution in [0.25, 0.3) is 5.69 Å². The van der Waals surface area contributed by atoms with E-state index in [-0.39, 0.29) is 49.9 Å². The topological polar surface area (TPSA) is 149 Å². The van der Waals surface area contributed by atoms with Crippen LogP contribution in [0, 0.1) is 5.92 Å². The Morgan fingerprint density at radius 3 is 2.37 bits per heavy atom. The van der Waals surface area contributed by atoms with Crippen LogP contribution in [0.4, 0.5) is 5.69 Å². The molecule has 0 spiro atoms. The highest BCUT2D eigenvalue weighted by molar-refractivity contribution is 7.99. The molecule has 0 bridgehead atoms. The van der Waals surface area contributed by atoms with Crippen LogP contribution in [0.1, 0.15) is 55.3 Å². The third kappa shape index (κ3) is 7.85. The number of carboxylic acid groups (broad SMARTS) is 1. The van der Waals surface area contributed by atoms with Gasteiger partial charge in [0.15, 0.2) is 6.29 Å². The molecule has 11 nitrogen and oxygen atoms in total. The fourth-order valence-corrected chi connectivity index (χ4v) is 5.87. The van der Waals surface area contributed by atoms with E-state index in [0.717, 1.165) is 22.4 Å². The molecule has 4 atom stereocenters. The summed E-state index contributed by atoms with van der Waals surface area (Å²) in [4.78, 5) is 22.9. The lowest BCUT2D eigenvalue weighted by molar-refractivity contribution is -0.268. The van der Waals surface area contributed by atoms with Crippen LogP contribution in [-0.2, 0) is 25.7 Å². The number of hydrogen-bond acceptors (Lipinski definition) is 9. The molecule has 0 unspecified atom stereocenters. The first-order valence-corrected chi connectivity index (χ1v) is 15.0. The number of nitrogens with one attached hydrogen (secondary N) is 1. The predicted octanol–water partition coefficient (Wildman–Crippen LogP) is 4.93. The molecule has 1 fully saturated rings. The number of aromatic nitrogens is 4. The number of para-hydroxylation sites is 1. The van der Waals surface area contributed by atoms with Gasteiger partial charge in [-0.2, -0.15) is 4.68 Å². The summed E-state index contributed by atoms with van der Waals surface area (Å²) < 4.78 is 14.7. The van der Waals surface area contributed by atoms with Gasteiger partial charge >= 0.3 is 5.97 Å². The second-order valence-corrected chi connectivity index (χ2v) is 11.2. The van der Waals surface area contributed by atoms with E-state index in [2.05, 4.69) is 27.8 Å². The van der Waals surface area contributed by atoms with E-state index in [9.17, 15) is 14.7 Å². The summed E-state index contributed by atoms with van der Waals surface area (Å²) in [5.74, 6) is -0.610. The number of carbonyl (C=O) groups excluding carboxylic acids is 1. The number of rotatable bonds is 12. The summed E-state index contributed by atoms with van der Waals surface area (Å²) in [5.41, 5.74) is 4.05. The van der Waals surface area contributed by atoms with E-state index in [1.807, 2.05) is 66.7 Å². The summed E-state index contributed by atoms with van der Waals surface area (Å²) in [6, 6.07) is 24.7. The Bertz CT molecular complexity index is 1500. The summed E-state index contributed by atoms with van der Waals surface area (Å²) in [6.45, 7) is 2.06. The first-order chi connectivity index (χ1) is 20.9. The molecule has 1 aromatic heterocycles. The fourth-order valence-electron chi connectivity index (χ4n) is 4.81. The molecule has 5 rings (SSSR count). The van der Waals surface area contributed by atoms with Gasteiger partial charge in [-0.15, -0.1) is 5.10 Å². The summed E-state index contributed by atoms with van der Waals surface area (Å²) in [7, 11) is 0. The van der Waals surface area contributed by atoms with Gasteiger partial charge in [0.25, 0.3) is 0 Å². The zero-order chi connectivity index (χ0) is 30.2. The van der Waals surface area contributed by atoms with Gasteiger partial charge in [-0.3, -0.25) is 9.59 Å². The van der Waals surface area contributed by atoms with Crippen molar-refractivity contribution in [3.63, 3.8) is 0 Å². The highest BCUT2D eigenvalue weighted by Crippen LogP contribution is 2.43. The van der Waals surface area contributed by atoms with Gasteiger partial charge in [0, 0.05) is 35.8 Å². The highest BCUT2D eigenvalue weighted by atomic mass is 32.2. The maximum Gasteiger partial charge on any atom is 0.303 e. The Morgan fingerprint density at radius 2 is 1.67 bits per heavy atom. The maximum absolute atomic E-state index is 12.2. The van der Waals surface area contributed by atoms with E-state index in [0.29, 0.717) is 16.6 Å². The Balaban J connectivity index is 1.32. The predicted molar refractivity (Wildman–Crippen MR) is 159 cm³/mol. The van der Waals surface area contributed by atoms with Crippen molar-refractivity contribution in [1.82, 2.24) is 20.2 Å². The van der Waals surface area contributed by atoms with Gasteiger partial charge in [-0.25, -0.2) is 0 Å².